The minimum Gasteiger partial charge on any atom is -0.394 e. The number of aromatic nitrogens is 4. The summed E-state index contributed by atoms with van der Waals surface area (Å²) in [6.45, 7) is -0.651. The number of aliphatic hydroxyl groups is 2. The Hall–Kier alpha value is -2.73. The largest absolute Gasteiger partial charge is 0.394 e. The first-order valence-electron chi connectivity index (χ1n) is 9.98. The highest BCUT2D eigenvalue weighted by Crippen LogP contribution is 2.45. The summed E-state index contributed by atoms with van der Waals surface area (Å²) in [5.74, 6) is -4.53. The molecule has 9 nitrogen and oxygen atoms in total. The van der Waals surface area contributed by atoms with Gasteiger partial charge in [0.05, 0.1) is 17.8 Å². The summed E-state index contributed by atoms with van der Waals surface area (Å²) in [5.41, 5.74) is -3.30. The molecule has 14 heteroatoms. The lowest BCUT2D eigenvalue weighted by molar-refractivity contribution is -0.213. The van der Waals surface area contributed by atoms with Crippen molar-refractivity contribution in [2.24, 2.45) is 0 Å². The fourth-order valence-electron chi connectivity index (χ4n) is 4.25. The number of rotatable bonds is 5. The van der Waals surface area contributed by atoms with Crippen LogP contribution in [0.25, 0.3) is 11.3 Å². The van der Waals surface area contributed by atoms with E-state index in [2.05, 4.69) is 27.9 Å². The van der Waals surface area contributed by atoms with Crippen molar-refractivity contribution in [3.05, 3.63) is 64.3 Å². The Kier molecular flexibility index (Phi) is 7.05. The molecular weight excluding hydrogens is 511 g/mol. The lowest BCUT2D eigenvalue weighted by atomic mass is 9.75. The highest BCUT2D eigenvalue weighted by atomic mass is 35.5. The molecule has 0 bridgehead atoms. The molecule has 0 amide bonds. The number of benzene rings is 1. The molecule has 184 valence electrons. The number of hydrogen-bond donors (Lipinski definition) is 3. The molecule has 2 aromatic heterocycles. The van der Waals surface area contributed by atoms with E-state index in [-0.39, 0.29) is 27.5 Å². The lowest BCUT2D eigenvalue weighted by Gasteiger charge is -2.51. The van der Waals surface area contributed by atoms with E-state index in [4.69, 9.17) is 21.1 Å². The number of hydrogen-bond acceptors (Lipinski definition) is 9. The van der Waals surface area contributed by atoms with Gasteiger partial charge in [0, 0.05) is 24.4 Å². The molecule has 4 rings (SSSR count). The molecule has 3 aromatic rings. The second-order valence-electron chi connectivity index (χ2n) is 7.64. The molecule has 1 aliphatic rings. The lowest BCUT2D eigenvalue weighted by Crippen LogP contribution is -2.68. The maximum atomic E-state index is 13.9. The Labute approximate surface area is 207 Å². The van der Waals surface area contributed by atoms with Crippen LogP contribution in [-0.4, -0.2) is 67.7 Å². The third kappa shape index (κ3) is 4.06. The summed E-state index contributed by atoms with van der Waals surface area (Å²) < 4.78 is 53.5. The van der Waals surface area contributed by atoms with Crippen molar-refractivity contribution in [1.82, 2.24) is 20.0 Å². The molecule has 0 radical (unpaired) electrons. The summed E-state index contributed by atoms with van der Waals surface area (Å²) >= 11 is 10.6. The molecule has 1 saturated heterocycles. The standard InChI is InChI=1S/C21H17ClF3N5O4S/c1-33-19-20(35)34-16(8-31)18(32)21(19,11-4-10(22)6-27-14(11)5-26)30-7-15(28-29-30)9-2-12(23)17(25)13(24)3-9/h2-4,6-7,16,18-20,31-32,35H,8H2,1H3/t16-,18+,19+,20-,21+/m0/s1. The zero-order valence-electron chi connectivity index (χ0n) is 17.8. The van der Waals surface area contributed by atoms with E-state index in [1.807, 2.05) is 6.07 Å². The zero-order valence-corrected chi connectivity index (χ0v) is 19.5. The van der Waals surface area contributed by atoms with Crippen LogP contribution < -0.4 is 0 Å². The van der Waals surface area contributed by atoms with Crippen LogP contribution in [0.4, 0.5) is 13.2 Å². The average Bonchev–Trinajstić information content (AvgIpc) is 3.33. The summed E-state index contributed by atoms with van der Waals surface area (Å²) in [6.07, 6.45) is -1.60. The van der Waals surface area contributed by atoms with Crippen LogP contribution in [0, 0.1) is 28.8 Å². The highest BCUT2D eigenvalue weighted by molar-refractivity contribution is 7.80. The molecule has 35 heavy (non-hydrogen) atoms. The van der Waals surface area contributed by atoms with Gasteiger partial charge in [0.25, 0.3) is 0 Å². The van der Waals surface area contributed by atoms with Crippen LogP contribution in [-0.2, 0) is 15.0 Å². The van der Waals surface area contributed by atoms with Gasteiger partial charge < -0.3 is 19.7 Å². The van der Waals surface area contributed by atoms with Gasteiger partial charge in [-0.15, -0.1) is 17.7 Å². The third-order valence-electron chi connectivity index (χ3n) is 5.79. The maximum Gasteiger partial charge on any atom is 0.194 e. The molecule has 5 atom stereocenters. The minimum absolute atomic E-state index is 0.0422. The van der Waals surface area contributed by atoms with Crippen LogP contribution in [0.2, 0.25) is 5.02 Å². The van der Waals surface area contributed by atoms with Crippen LogP contribution in [0.3, 0.4) is 0 Å². The number of ether oxygens (including phenoxy) is 2. The maximum absolute atomic E-state index is 13.9. The topological polar surface area (TPSA) is 126 Å². The molecule has 0 aliphatic carbocycles. The predicted molar refractivity (Wildman–Crippen MR) is 118 cm³/mol. The quantitative estimate of drug-likeness (QED) is 0.340. The van der Waals surface area contributed by atoms with Crippen LogP contribution in [0.15, 0.2) is 30.6 Å². The Morgan fingerprint density at radius 2 is 2.00 bits per heavy atom. The molecular formula is C21H17ClF3N5O4S. The summed E-state index contributed by atoms with van der Waals surface area (Å²) in [5, 5.41) is 39.2. The minimum atomic E-state index is -1.86. The summed E-state index contributed by atoms with van der Waals surface area (Å²) in [4.78, 5) is 4.03. The van der Waals surface area contributed by atoms with Crippen molar-refractivity contribution in [3.8, 4) is 17.3 Å². The number of nitrogens with zero attached hydrogens (tertiary/aromatic N) is 5. The van der Waals surface area contributed by atoms with E-state index in [0.29, 0.717) is 0 Å². The van der Waals surface area contributed by atoms with Gasteiger partial charge >= 0.3 is 0 Å². The Morgan fingerprint density at radius 1 is 1.31 bits per heavy atom. The first-order valence-corrected chi connectivity index (χ1v) is 10.9. The van der Waals surface area contributed by atoms with Gasteiger partial charge in [0.2, 0.25) is 0 Å². The highest BCUT2D eigenvalue weighted by Gasteiger charge is 2.60. The third-order valence-corrected chi connectivity index (χ3v) is 6.39. The fraction of sp³-hybridized carbons (Fsp3) is 0.333. The summed E-state index contributed by atoms with van der Waals surface area (Å²) in [7, 11) is 1.30. The van der Waals surface area contributed by atoms with Crippen LogP contribution >= 0.6 is 24.2 Å². The number of halogens is 4. The SMILES string of the molecule is CO[C@@H]1[C@H](S)O[C@@H](CO)[C@@H](O)[C@@]1(c1cc(Cl)cnc1C#N)n1cc(-c2cc(F)c(F)c(F)c2)nn1. The van der Waals surface area contributed by atoms with Gasteiger partial charge in [-0.3, -0.25) is 0 Å². The van der Waals surface area contributed by atoms with Gasteiger partial charge in [0.15, 0.2) is 17.5 Å². The van der Waals surface area contributed by atoms with Crippen molar-refractivity contribution in [1.29, 1.82) is 5.26 Å². The second-order valence-corrected chi connectivity index (χ2v) is 8.58. The van der Waals surface area contributed by atoms with Crippen molar-refractivity contribution in [2.75, 3.05) is 13.7 Å². The average molecular weight is 528 g/mol. The molecule has 0 saturated carbocycles. The van der Waals surface area contributed by atoms with Crippen molar-refractivity contribution in [3.63, 3.8) is 0 Å². The normalized spacial score (nSPS) is 26.5. The van der Waals surface area contributed by atoms with Gasteiger partial charge in [-0.1, -0.05) is 16.8 Å². The van der Waals surface area contributed by atoms with Gasteiger partial charge in [-0.2, -0.15) is 5.26 Å². The van der Waals surface area contributed by atoms with Gasteiger partial charge in [-0.05, 0) is 18.2 Å². The first-order chi connectivity index (χ1) is 16.7. The smallest absolute Gasteiger partial charge is 0.194 e. The molecule has 1 fully saturated rings. The monoisotopic (exact) mass is 527 g/mol. The predicted octanol–water partition coefficient (Wildman–Crippen LogP) is 2.05. The molecule has 0 spiro atoms. The van der Waals surface area contributed by atoms with E-state index in [1.165, 1.54) is 25.6 Å². The molecule has 0 unspecified atom stereocenters. The van der Waals surface area contributed by atoms with E-state index in [0.717, 1.165) is 16.8 Å². The summed E-state index contributed by atoms with van der Waals surface area (Å²) in [6, 6.07) is 4.74. The number of aliphatic hydroxyl groups excluding tert-OH is 2. The Morgan fingerprint density at radius 3 is 2.60 bits per heavy atom. The number of methoxy groups -OCH3 is 1. The van der Waals surface area contributed by atoms with Crippen molar-refractivity contribution in [2.45, 2.75) is 29.3 Å². The Balaban J connectivity index is 2.02. The van der Waals surface area contributed by atoms with Gasteiger partial charge in [0.1, 0.15) is 46.7 Å². The zero-order chi connectivity index (χ0) is 25.5. The van der Waals surface area contributed by atoms with Crippen molar-refractivity contribution >= 4 is 24.2 Å². The first kappa shape index (κ1) is 25.4. The van der Waals surface area contributed by atoms with Crippen molar-refractivity contribution < 1.29 is 32.9 Å². The van der Waals surface area contributed by atoms with E-state index in [9.17, 15) is 28.6 Å². The molecule has 1 aliphatic heterocycles. The van der Waals surface area contributed by atoms with Gasteiger partial charge in [-0.25, -0.2) is 22.8 Å². The second kappa shape index (κ2) is 9.73. The number of pyridine rings is 1. The van der Waals surface area contributed by atoms with Crippen LogP contribution in [0.5, 0.6) is 0 Å². The molecule has 1 aromatic carbocycles. The van der Waals surface area contributed by atoms with Crippen LogP contribution in [0.1, 0.15) is 11.3 Å². The number of thiol groups is 1. The van der Waals surface area contributed by atoms with E-state index >= 15 is 0 Å². The molecule has 2 N–H and O–H groups in total. The molecule has 3 heterocycles. The van der Waals surface area contributed by atoms with E-state index < -0.39 is 53.3 Å². The van der Waals surface area contributed by atoms with E-state index in [1.54, 1.807) is 0 Å². The Bertz CT molecular complexity index is 1290. The fourth-order valence-corrected chi connectivity index (χ4v) is 4.91. The number of nitriles is 1.